The maximum atomic E-state index is 12.2. The quantitative estimate of drug-likeness (QED) is 0.756. The van der Waals surface area contributed by atoms with E-state index < -0.39 is 12.0 Å². The van der Waals surface area contributed by atoms with Gasteiger partial charge < -0.3 is 9.84 Å². The summed E-state index contributed by atoms with van der Waals surface area (Å²) in [5, 5.41) is 10.3. The molecule has 0 aromatic rings. The Kier molecular flexibility index (Phi) is 6.85. The largest absolute Gasteiger partial charge is 0.462 e. The Labute approximate surface area is 128 Å². The van der Waals surface area contributed by atoms with E-state index in [-0.39, 0.29) is 35.6 Å². The average Bonchev–Trinajstić information content (AvgIpc) is 2.46. The summed E-state index contributed by atoms with van der Waals surface area (Å²) in [5.41, 5.74) is 0. The van der Waals surface area contributed by atoms with E-state index in [4.69, 9.17) is 4.74 Å². The summed E-state index contributed by atoms with van der Waals surface area (Å²) in [6.45, 7) is 9.55. The van der Waals surface area contributed by atoms with Gasteiger partial charge in [-0.05, 0) is 38.0 Å². The maximum Gasteiger partial charge on any atom is 0.311 e. The number of ether oxygens (including phenoxy) is 1. The first-order valence-corrected chi connectivity index (χ1v) is 8.19. The van der Waals surface area contributed by atoms with Crippen LogP contribution in [0.5, 0.6) is 0 Å². The predicted molar refractivity (Wildman–Crippen MR) is 81.7 cm³/mol. The lowest BCUT2D eigenvalue weighted by Crippen LogP contribution is -2.37. The Bertz CT molecular complexity index is 366. The molecule has 6 atom stereocenters. The zero-order valence-corrected chi connectivity index (χ0v) is 14.0. The molecule has 1 saturated heterocycles. The zero-order chi connectivity index (χ0) is 16.2. The fourth-order valence-corrected chi connectivity index (χ4v) is 3.12. The van der Waals surface area contributed by atoms with Crippen LogP contribution >= 0.6 is 0 Å². The number of carbonyl (C=O) groups is 2. The van der Waals surface area contributed by atoms with Gasteiger partial charge in [-0.25, -0.2) is 0 Å². The van der Waals surface area contributed by atoms with Crippen LogP contribution in [-0.4, -0.2) is 29.1 Å². The normalized spacial score (nSPS) is 40.1. The maximum absolute atomic E-state index is 12.2. The molecule has 0 bridgehead atoms. The SMILES string of the molecule is CCC1OC(=O)C(C)C(O)C(C)CCC(=O)C(C)CC1C. The first kappa shape index (κ1) is 18.1. The van der Waals surface area contributed by atoms with Crippen LogP contribution in [0.1, 0.15) is 60.3 Å². The molecule has 0 amide bonds. The molecular weight excluding hydrogens is 268 g/mol. The second-order valence-corrected chi connectivity index (χ2v) is 6.76. The van der Waals surface area contributed by atoms with Crippen molar-refractivity contribution >= 4 is 11.8 Å². The molecule has 0 aromatic carbocycles. The third-order valence-electron chi connectivity index (χ3n) is 4.89. The fourth-order valence-electron chi connectivity index (χ4n) is 3.12. The van der Waals surface area contributed by atoms with Gasteiger partial charge in [0.05, 0.1) is 12.0 Å². The number of rotatable bonds is 1. The molecule has 0 radical (unpaired) electrons. The number of carbonyl (C=O) groups excluding carboxylic acids is 2. The van der Waals surface area contributed by atoms with Crippen LogP contribution in [-0.2, 0) is 14.3 Å². The summed E-state index contributed by atoms with van der Waals surface area (Å²) in [7, 11) is 0. The van der Waals surface area contributed by atoms with Crippen molar-refractivity contribution in [2.75, 3.05) is 0 Å². The molecule has 1 aliphatic rings. The molecule has 1 heterocycles. The highest BCUT2D eigenvalue weighted by atomic mass is 16.5. The Morgan fingerprint density at radius 1 is 1.14 bits per heavy atom. The molecule has 0 spiro atoms. The topological polar surface area (TPSA) is 63.6 Å². The van der Waals surface area contributed by atoms with Crippen LogP contribution in [0.3, 0.4) is 0 Å². The van der Waals surface area contributed by atoms with Gasteiger partial charge in [0.2, 0.25) is 0 Å². The molecule has 1 aliphatic heterocycles. The van der Waals surface area contributed by atoms with Crippen molar-refractivity contribution in [3.05, 3.63) is 0 Å². The predicted octanol–water partition coefficient (Wildman–Crippen LogP) is 2.97. The zero-order valence-electron chi connectivity index (χ0n) is 14.0. The molecule has 1 rings (SSSR count). The average molecular weight is 298 g/mol. The van der Waals surface area contributed by atoms with E-state index in [2.05, 4.69) is 0 Å². The first-order valence-electron chi connectivity index (χ1n) is 8.19. The third kappa shape index (κ3) is 4.80. The van der Waals surface area contributed by atoms with Crippen LogP contribution in [0.15, 0.2) is 0 Å². The molecule has 0 aliphatic carbocycles. The summed E-state index contributed by atoms with van der Waals surface area (Å²) >= 11 is 0. The summed E-state index contributed by atoms with van der Waals surface area (Å²) < 4.78 is 5.59. The highest BCUT2D eigenvalue weighted by molar-refractivity contribution is 5.80. The van der Waals surface area contributed by atoms with Gasteiger partial charge >= 0.3 is 5.97 Å². The van der Waals surface area contributed by atoms with Crippen molar-refractivity contribution < 1.29 is 19.4 Å². The van der Waals surface area contributed by atoms with Crippen molar-refractivity contribution in [3.8, 4) is 0 Å². The minimum Gasteiger partial charge on any atom is -0.462 e. The van der Waals surface area contributed by atoms with Crippen LogP contribution in [0.4, 0.5) is 0 Å². The highest BCUT2D eigenvalue weighted by Crippen LogP contribution is 2.27. The van der Waals surface area contributed by atoms with Gasteiger partial charge in [0.15, 0.2) is 0 Å². The molecular formula is C17H30O4. The molecule has 0 aromatic heterocycles. The molecule has 4 nitrogen and oxygen atoms in total. The van der Waals surface area contributed by atoms with Gasteiger partial charge in [0.1, 0.15) is 11.9 Å². The van der Waals surface area contributed by atoms with Crippen molar-refractivity contribution in [2.24, 2.45) is 23.7 Å². The van der Waals surface area contributed by atoms with Gasteiger partial charge in [-0.3, -0.25) is 9.59 Å². The summed E-state index contributed by atoms with van der Waals surface area (Å²) in [6.07, 6.45) is 1.63. The first-order chi connectivity index (χ1) is 9.77. The Hall–Kier alpha value is -0.900. The molecule has 1 fully saturated rings. The standard InChI is InChI=1S/C17H30O4/c1-6-15-12(4)9-11(3)14(18)8-7-10(2)16(19)13(5)17(20)21-15/h10-13,15-16,19H,6-9H2,1-5H3. The third-order valence-corrected chi connectivity index (χ3v) is 4.89. The molecule has 21 heavy (non-hydrogen) atoms. The van der Waals surface area contributed by atoms with E-state index in [0.29, 0.717) is 12.8 Å². The van der Waals surface area contributed by atoms with E-state index in [0.717, 1.165) is 12.8 Å². The molecule has 1 N–H and O–H groups in total. The number of cyclic esters (lactones) is 1. The van der Waals surface area contributed by atoms with E-state index in [1.807, 2.05) is 27.7 Å². The van der Waals surface area contributed by atoms with Gasteiger partial charge in [-0.2, -0.15) is 0 Å². The van der Waals surface area contributed by atoms with Crippen LogP contribution in [0.2, 0.25) is 0 Å². The molecule has 122 valence electrons. The van der Waals surface area contributed by atoms with Crippen molar-refractivity contribution in [1.29, 1.82) is 0 Å². The fraction of sp³-hybridized carbons (Fsp3) is 0.882. The van der Waals surface area contributed by atoms with E-state index in [1.165, 1.54) is 0 Å². The van der Waals surface area contributed by atoms with Crippen LogP contribution < -0.4 is 0 Å². The van der Waals surface area contributed by atoms with Crippen molar-refractivity contribution in [3.63, 3.8) is 0 Å². The highest BCUT2D eigenvalue weighted by Gasteiger charge is 2.33. The molecule has 6 unspecified atom stereocenters. The van der Waals surface area contributed by atoms with Gasteiger partial charge in [0.25, 0.3) is 0 Å². The number of ketones is 1. The number of Topliss-reactive ketones (excluding diaryl/α,β-unsaturated/α-hetero) is 1. The smallest absolute Gasteiger partial charge is 0.311 e. The summed E-state index contributed by atoms with van der Waals surface area (Å²) in [5.74, 6) is -0.579. The number of aliphatic hydroxyl groups excluding tert-OH is 1. The van der Waals surface area contributed by atoms with Gasteiger partial charge in [0, 0.05) is 12.3 Å². The van der Waals surface area contributed by atoms with Crippen molar-refractivity contribution in [2.45, 2.75) is 72.5 Å². The second-order valence-electron chi connectivity index (χ2n) is 6.76. The lowest BCUT2D eigenvalue weighted by Gasteiger charge is -2.30. The van der Waals surface area contributed by atoms with E-state index in [1.54, 1.807) is 6.92 Å². The second kappa shape index (κ2) is 7.92. The number of esters is 1. The molecule has 0 saturated carbocycles. The summed E-state index contributed by atoms with van der Waals surface area (Å²) in [4.78, 5) is 24.4. The number of aliphatic hydroxyl groups is 1. The Morgan fingerprint density at radius 3 is 2.33 bits per heavy atom. The van der Waals surface area contributed by atoms with Gasteiger partial charge in [-0.15, -0.1) is 0 Å². The van der Waals surface area contributed by atoms with E-state index in [9.17, 15) is 14.7 Å². The van der Waals surface area contributed by atoms with Crippen molar-refractivity contribution in [1.82, 2.24) is 0 Å². The Morgan fingerprint density at radius 2 is 1.76 bits per heavy atom. The minimum absolute atomic E-state index is 0.0195. The lowest BCUT2D eigenvalue weighted by molar-refractivity contribution is -0.162. The minimum atomic E-state index is -0.757. The van der Waals surface area contributed by atoms with Crippen LogP contribution in [0, 0.1) is 23.7 Å². The molecule has 4 heteroatoms. The van der Waals surface area contributed by atoms with E-state index >= 15 is 0 Å². The Balaban J connectivity index is 2.93. The number of hydrogen-bond acceptors (Lipinski definition) is 4. The van der Waals surface area contributed by atoms with Crippen LogP contribution in [0.25, 0.3) is 0 Å². The van der Waals surface area contributed by atoms with Gasteiger partial charge in [-0.1, -0.05) is 27.7 Å². The summed E-state index contributed by atoms with van der Waals surface area (Å²) in [6, 6.07) is 0. The lowest BCUT2D eigenvalue weighted by atomic mass is 9.84. The number of hydrogen-bond donors (Lipinski definition) is 1. The monoisotopic (exact) mass is 298 g/mol.